The van der Waals surface area contributed by atoms with E-state index >= 15 is 0 Å². The number of aromatic nitrogens is 2. The van der Waals surface area contributed by atoms with Gasteiger partial charge in [-0.05, 0) is 24.6 Å². The van der Waals surface area contributed by atoms with Crippen LogP contribution in [0.2, 0.25) is 0 Å². The van der Waals surface area contributed by atoms with Crippen LogP contribution in [0.15, 0.2) is 24.4 Å². The standard InChI is InChI=1S/C13H14F2N2O/c1-8-3-4-10(14)12(13(8)15)11(18)7-9-5-6-17(2)16-9/h3-6,11,18H,7H2,1-2H3. The second-order valence-corrected chi connectivity index (χ2v) is 4.29. The summed E-state index contributed by atoms with van der Waals surface area (Å²) in [4.78, 5) is 0. The summed E-state index contributed by atoms with van der Waals surface area (Å²) >= 11 is 0. The van der Waals surface area contributed by atoms with Crippen molar-refractivity contribution >= 4 is 0 Å². The SMILES string of the molecule is Cc1ccc(F)c(C(O)Cc2ccn(C)n2)c1F. The van der Waals surface area contributed by atoms with Gasteiger partial charge in [-0.2, -0.15) is 5.10 Å². The van der Waals surface area contributed by atoms with Gasteiger partial charge in [0.1, 0.15) is 11.6 Å². The number of aliphatic hydroxyl groups is 1. The summed E-state index contributed by atoms with van der Waals surface area (Å²) in [5, 5.41) is 14.0. The predicted octanol–water partition coefficient (Wildman–Crippen LogP) is 2.28. The van der Waals surface area contributed by atoms with Crippen molar-refractivity contribution in [3.8, 4) is 0 Å². The van der Waals surface area contributed by atoms with Gasteiger partial charge in [-0.3, -0.25) is 4.68 Å². The molecule has 0 aliphatic heterocycles. The molecule has 1 unspecified atom stereocenters. The maximum atomic E-state index is 13.8. The van der Waals surface area contributed by atoms with E-state index < -0.39 is 17.7 Å². The highest BCUT2D eigenvalue weighted by molar-refractivity contribution is 5.29. The molecule has 18 heavy (non-hydrogen) atoms. The van der Waals surface area contributed by atoms with E-state index in [2.05, 4.69) is 5.10 Å². The van der Waals surface area contributed by atoms with Gasteiger partial charge in [0.05, 0.1) is 17.4 Å². The zero-order valence-electron chi connectivity index (χ0n) is 10.2. The summed E-state index contributed by atoms with van der Waals surface area (Å²) in [5.74, 6) is -1.43. The van der Waals surface area contributed by atoms with Crippen LogP contribution >= 0.6 is 0 Å². The van der Waals surface area contributed by atoms with Crippen LogP contribution in [0.3, 0.4) is 0 Å². The molecule has 2 rings (SSSR count). The van der Waals surface area contributed by atoms with Crippen LogP contribution in [-0.4, -0.2) is 14.9 Å². The molecule has 0 saturated heterocycles. The van der Waals surface area contributed by atoms with Gasteiger partial charge in [0.15, 0.2) is 0 Å². The minimum absolute atomic E-state index is 0.0815. The van der Waals surface area contributed by atoms with Gasteiger partial charge in [-0.15, -0.1) is 0 Å². The smallest absolute Gasteiger partial charge is 0.134 e. The Balaban J connectivity index is 2.28. The highest BCUT2D eigenvalue weighted by atomic mass is 19.1. The first kappa shape index (κ1) is 12.7. The lowest BCUT2D eigenvalue weighted by Gasteiger charge is -2.13. The van der Waals surface area contributed by atoms with Gasteiger partial charge in [-0.1, -0.05) is 6.07 Å². The molecular weight excluding hydrogens is 238 g/mol. The molecule has 1 N–H and O–H groups in total. The molecule has 1 aromatic carbocycles. The molecule has 5 heteroatoms. The number of hydrogen-bond donors (Lipinski definition) is 1. The summed E-state index contributed by atoms with van der Waals surface area (Å²) < 4.78 is 28.9. The Kier molecular flexibility index (Phi) is 3.43. The summed E-state index contributed by atoms with van der Waals surface area (Å²) in [7, 11) is 1.74. The Morgan fingerprint density at radius 3 is 2.67 bits per heavy atom. The number of hydrogen-bond acceptors (Lipinski definition) is 2. The first-order valence-corrected chi connectivity index (χ1v) is 5.60. The molecule has 0 radical (unpaired) electrons. The van der Waals surface area contributed by atoms with Crippen molar-refractivity contribution in [2.75, 3.05) is 0 Å². The quantitative estimate of drug-likeness (QED) is 0.910. The molecule has 3 nitrogen and oxygen atoms in total. The second-order valence-electron chi connectivity index (χ2n) is 4.29. The molecule has 0 saturated carbocycles. The maximum Gasteiger partial charge on any atom is 0.134 e. The van der Waals surface area contributed by atoms with Gasteiger partial charge in [0.2, 0.25) is 0 Å². The van der Waals surface area contributed by atoms with Crippen molar-refractivity contribution in [2.24, 2.45) is 7.05 Å². The number of benzene rings is 1. The van der Waals surface area contributed by atoms with Gasteiger partial charge in [-0.25, -0.2) is 8.78 Å². The first-order chi connectivity index (χ1) is 8.49. The van der Waals surface area contributed by atoms with Crippen molar-refractivity contribution in [3.05, 3.63) is 52.9 Å². The summed E-state index contributed by atoms with van der Waals surface area (Å²) in [6.45, 7) is 1.53. The van der Waals surface area contributed by atoms with Crippen LogP contribution in [0.5, 0.6) is 0 Å². The fraction of sp³-hybridized carbons (Fsp3) is 0.308. The molecule has 1 heterocycles. The van der Waals surface area contributed by atoms with E-state index in [0.717, 1.165) is 6.07 Å². The van der Waals surface area contributed by atoms with Crippen LogP contribution in [0, 0.1) is 18.6 Å². The summed E-state index contributed by atoms with van der Waals surface area (Å²) in [6.07, 6.45) is 0.558. The molecule has 0 aliphatic rings. The molecule has 1 atom stereocenters. The number of aryl methyl sites for hydroxylation is 2. The fourth-order valence-corrected chi connectivity index (χ4v) is 1.86. The van der Waals surface area contributed by atoms with Crippen LogP contribution < -0.4 is 0 Å². The second kappa shape index (κ2) is 4.86. The van der Waals surface area contributed by atoms with E-state index in [1.165, 1.54) is 13.0 Å². The van der Waals surface area contributed by atoms with Crippen LogP contribution in [0.4, 0.5) is 8.78 Å². The lowest BCUT2D eigenvalue weighted by Crippen LogP contribution is -2.09. The third-order valence-electron chi connectivity index (χ3n) is 2.82. The van der Waals surface area contributed by atoms with E-state index in [1.807, 2.05) is 0 Å². The Morgan fingerprint density at radius 1 is 1.33 bits per heavy atom. The Labute approximate surface area is 104 Å². The van der Waals surface area contributed by atoms with Gasteiger partial charge >= 0.3 is 0 Å². The van der Waals surface area contributed by atoms with Crippen molar-refractivity contribution in [2.45, 2.75) is 19.4 Å². The van der Waals surface area contributed by atoms with E-state index in [-0.39, 0.29) is 12.0 Å². The third-order valence-corrected chi connectivity index (χ3v) is 2.82. The summed E-state index contributed by atoms with van der Waals surface area (Å²) in [5.41, 5.74) is 0.609. The van der Waals surface area contributed by atoms with Gasteiger partial charge < -0.3 is 5.11 Å². The average Bonchev–Trinajstić information content (AvgIpc) is 2.70. The molecule has 0 aliphatic carbocycles. The number of aliphatic hydroxyl groups excluding tert-OH is 1. The van der Waals surface area contributed by atoms with Crippen molar-refractivity contribution in [3.63, 3.8) is 0 Å². The minimum atomic E-state index is -1.24. The summed E-state index contributed by atoms with van der Waals surface area (Å²) in [6, 6.07) is 4.21. The van der Waals surface area contributed by atoms with Crippen LogP contribution in [0.25, 0.3) is 0 Å². The fourth-order valence-electron chi connectivity index (χ4n) is 1.86. The topological polar surface area (TPSA) is 38.0 Å². The van der Waals surface area contributed by atoms with E-state index in [4.69, 9.17) is 0 Å². The Bertz CT molecular complexity index is 566. The molecule has 0 amide bonds. The first-order valence-electron chi connectivity index (χ1n) is 5.60. The average molecular weight is 252 g/mol. The zero-order valence-corrected chi connectivity index (χ0v) is 10.2. The molecule has 1 aromatic heterocycles. The van der Waals surface area contributed by atoms with Crippen LogP contribution in [0.1, 0.15) is 22.9 Å². The number of nitrogens with zero attached hydrogens (tertiary/aromatic N) is 2. The van der Waals surface area contributed by atoms with E-state index in [9.17, 15) is 13.9 Å². The number of rotatable bonds is 3. The van der Waals surface area contributed by atoms with Gasteiger partial charge in [0.25, 0.3) is 0 Å². The molecule has 0 bridgehead atoms. The maximum absolute atomic E-state index is 13.8. The Morgan fingerprint density at radius 2 is 2.06 bits per heavy atom. The monoisotopic (exact) mass is 252 g/mol. The predicted molar refractivity (Wildman–Crippen MR) is 63.0 cm³/mol. The highest BCUT2D eigenvalue weighted by Gasteiger charge is 2.20. The minimum Gasteiger partial charge on any atom is -0.388 e. The third kappa shape index (κ3) is 2.41. The normalized spacial score (nSPS) is 12.7. The number of halogens is 2. The van der Waals surface area contributed by atoms with E-state index in [0.29, 0.717) is 11.3 Å². The lowest BCUT2D eigenvalue weighted by atomic mass is 10.0. The van der Waals surface area contributed by atoms with Crippen molar-refractivity contribution in [1.82, 2.24) is 9.78 Å². The van der Waals surface area contributed by atoms with E-state index in [1.54, 1.807) is 24.0 Å². The largest absolute Gasteiger partial charge is 0.388 e. The molecule has 0 spiro atoms. The van der Waals surface area contributed by atoms with Crippen LogP contribution in [-0.2, 0) is 13.5 Å². The molecule has 0 fully saturated rings. The Hall–Kier alpha value is -1.75. The zero-order chi connectivity index (χ0) is 13.3. The van der Waals surface area contributed by atoms with Crippen molar-refractivity contribution < 1.29 is 13.9 Å². The lowest BCUT2D eigenvalue weighted by molar-refractivity contribution is 0.167. The highest BCUT2D eigenvalue weighted by Crippen LogP contribution is 2.25. The van der Waals surface area contributed by atoms with Crippen molar-refractivity contribution in [1.29, 1.82) is 0 Å². The van der Waals surface area contributed by atoms with Gasteiger partial charge in [0, 0.05) is 19.7 Å². The molecular formula is C13H14F2N2O. The molecule has 2 aromatic rings. The molecule has 96 valence electrons.